The molecule has 0 aliphatic carbocycles. The van der Waals surface area contributed by atoms with Crippen molar-refractivity contribution in [1.29, 1.82) is 0 Å². The number of halogens is 2. The van der Waals surface area contributed by atoms with Crippen LogP contribution in [0.5, 0.6) is 0 Å². The number of ether oxygens (including phenoxy) is 1. The second-order valence-corrected chi connectivity index (χ2v) is 6.86. The molecule has 1 aliphatic rings. The van der Waals surface area contributed by atoms with E-state index in [9.17, 15) is 13.9 Å². The minimum atomic E-state index is -0.243. The largest absolute Gasteiger partial charge is 0.395 e. The van der Waals surface area contributed by atoms with Crippen molar-refractivity contribution < 1.29 is 18.6 Å². The van der Waals surface area contributed by atoms with E-state index in [-0.39, 0.29) is 24.3 Å². The van der Waals surface area contributed by atoms with Crippen LogP contribution in [0.25, 0.3) is 0 Å². The fraction of sp³-hybridized carbons (Fsp3) is 0.429. The second-order valence-electron chi connectivity index (χ2n) is 6.86. The Bertz CT molecular complexity index is 675. The molecule has 26 heavy (non-hydrogen) atoms. The highest BCUT2D eigenvalue weighted by Gasteiger charge is 2.29. The lowest BCUT2D eigenvalue weighted by molar-refractivity contribution is 0.0293. The van der Waals surface area contributed by atoms with Crippen molar-refractivity contribution in [3.05, 3.63) is 71.3 Å². The predicted molar refractivity (Wildman–Crippen MR) is 96.6 cm³/mol. The Kier molecular flexibility index (Phi) is 6.72. The molecular weight excluding hydrogens is 336 g/mol. The first kappa shape index (κ1) is 19.0. The molecule has 0 bridgehead atoms. The highest BCUT2D eigenvalue weighted by atomic mass is 19.1. The molecule has 2 aromatic rings. The Labute approximate surface area is 153 Å². The maximum atomic E-state index is 13.2. The van der Waals surface area contributed by atoms with Crippen molar-refractivity contribution in [3.8, 4) is 0 Å². The van der Waals surface area contributed by atoms with Gasteiger partial charge in [-0.05, 0) is 60.7 Å². The molecule has 0 radical (unpaired) electrons. The third kappa shape index (κ3) is 5.10. The number of rotatable bonds is 7. The number of benzene rings is 2. The van der Waals surface area contributed by atoms with Crippen LogP contribution < -0.4 is 0 Å². The number of nitrogens with zero attached hydrogens (tertiary/aromatic N) is 1. The molecular formula is C21H25F2NO2. The third-order valence-electron chi connectivity index (χ3n) is 5.00. The summed E-state index contributed by atoms with van der Waals surface area (Å²) in [7, 11) is 0. The highest BCUT2D eigenvalue weighted by Crippen LogP contribution is 2.34. The van der Waals surface area contributed by atoms with E-state index in [0.29, 0.717) is 25.7 Å². The summed E-state index contributed by atoms with van der Waals surface area (Å²) in [5.41, 5.74) is 2.03. The molecule has 1 heterocycles. The number of likely N-dealkylation sites (tertiary alicyclic amines) is 1. The van der Waals surface area contributed by atoms with Crippen molar-refractivity contribution in [2.75, 3.05) is 26.3 Å². The monoisotopic (exact) mass is 361 g/mol. The van der Waals surface area contributed by atoms with E-state index in [0.717, 1.165) is 30.5 Å². The number of hydrogen-bond acceptors (Lipinski definition) is 3. The van der Waals surface area contributed by atoms with Gasteiger partial charge in [-0.2, -0.15) is 0 Å². The van der Waals surface area contributed by atoms with Crippen LogP contribution in [0.3, 0.4) is 0 Å². The van der Waals surface area contributed by atoms with E-state index in [1.54, 1.807) is 12.1 Å². The van der Waals surface area contributed by atoms with Gasteiger partial charge in [0.15, 0.2) is 0 Å². The summed E-state index contributed by atoms with van der Waals surface area (Å²) < 4.78 is 32.0. The number of aliphatic hydroxyl groups is 1. The summed E-state index contributed by atoms with van der Waals surface area (Å²) in [6.45, 7) is 2.72. The van der Waals surface area contributed by atoms with Gasteiger partial charge in [-0.25, -0.2) is 8.78 Å². The van der Waals surface area contributed by atoms with Gasteiger partial charge in [0.1, 0.15) is 11.6 Å². The van der Waals surface area contributed by atoms with Crippen LogP contribution in [0.15, 0.2) is 48.5 Å². The minimum absolute atomic E-state index is 0.115. The highest BCUT2D eigenvalue weighted by molar-refractivity contribution is 5.21. The van der Waals surface area contributed by atoms with Gasteiger partial charge < -0.3 is 9.84 Å². The van der Waals surface area contributed by atoms with Gasteiger partial charge in [-0.1, -0.05) is 24.3 Å². The van der Waals surface area contributed by atoms with Crippen LogP contribution in [0.2, 0.25) is 0 Å². The van der Waals surface area contributed by atoms with Gasteiger partial charge in [-0.3, -0.25) is 4.90 Å². The Balaban J connectivity index is 1.57. The van der Waals surface area contributed by atoms with E-state index in [4.69, 9.17) is 4.74 Å². The number of β-amino-alcohol motifs (C(OH)–C–C–N with tert-alkyl or cyclic N) is 1. The summed E-state index contributed by atoms with van der Waals surface area (Å²) >= 11 is 0. The molecule has 0 aromatic heterocycles. The molecule has 0 saturated carbocycles. The Morgan fingerprint density at radius 2 is 1.65 bits per heavy atom. The molecule has 140 valence electrons. The molecule has 2 aromatic carbocycles. The average Bonchev–Trinajstić information content (AvgIpc) is 2.65. The van der Waals surface area contributed by atoms with Crippen LogP contribution in [-0.4, -0.2) is 36.3 Å². The quantitative estimate of drug-likeness (QED) is 0.811. The van der Waals surface area contributed by atoms with Gasteiger partial charge in [0.05, 0.1) is 13.2 Å². The maximum Gasteiger partial charge on any atom is 0.123 e. The Hall–Kier alpha value is -1.82. The predicted octanol–water partition coefficient (Wildman–Crippen LogP) is 3.93. The van der Waals surface area contributed by atoms with E-state index in [2.05, 4.69) is 4.90 Å². The molecule has 1 saturated heterocycles. The van der Waals surface area contributed by atoms with E-state index < -0.39 is 0 Å². The third-order valence-corrected chi connectivity index (χ3v) is 5.00. The SMILES string of the molecule is OCCN1CCC(COCc2ccc(F)cc2)CC1c1ccc(F)cc1. The molecule has 3 rings (SSSR count). The van der Waals surface area contributed by atoms with Crippen molar-refractivity contribution in [2.24, 2.45) is 5.92 Å². The number of piperidine rings is 1. The van der Waals surface area contributed by atoms with Crippen LogP contribution in [0.1, 0.15) is 30.0 Å². The average molecular weight is 361 g/mol. The molecule has 0 spiro atoms. The zero-order valence-corrected chi connectivity index (χ0v) is 14.8. The molecule has 1 fully saturated rings. The fourth-order valence-electron chi connectivity index (χ4n) is 3.59. The van der Waals surface area contributed by atoms with E-state index in [1.807, 2.05) is 12.1 Å². The maximum absolute atomic E-state index is 13.2. The number of aliphatic hydroxyl groups excluding tert-OH is 1. The van der Waals surface area contributed by atoms with Crippen LogP contribution >= 0.6 is 0 Å². The summed E-state index contributed by atoms with van der Waals surface area (Å²) in [5, 5.41) is 9.33. The van der Waals surface area contributed by atoms with Gasteiger partial charge >= 0.3 is 0 Å². The van der Waals surface area contributed by atoms with Crippen molar-refractivity contribution >= 4 is 0 Å². The minimum Gasteiger partial charge on any atom is -0.395 e. The zero-order chi connectivity index (χ0) is 18.4. The Morgan fingerprint density at radius 1 is 1.00 bits per heavy atom. The van der Waals surface area contributed by atoms with E-state index in [1.165, 1.54) is 24.3 Å². The van der Waals surface area contributed by atoms with Gasteiger partial charge in [0.2, 0.25) is 0 Å². The molecule has 0 amide bonds. The van der Waals surface area contributed by atoms with E-state index >= 15 is 0 Å². The molecule has 3 nitrogen and oxygen atoms in total. The van der Waals surface area contributed by atoms with Crippen LogP contribution in [0.4, 0.5) is 8.78 Å². The first-order valence-electron chi connectivity index (χ1n) is 9.08. The van der Waals surface area contributed by atoms with Gasteiger partial charge in [0, 0.05) is 19.2 Å². The molecule has 2 atom stereocenters. The summed E-state index contributed by atoms with van der Waals surface area (Å²) in [5.74, 6) is -0.0787. The first-order chi connectivity index (χ1) is 12.7. The topological polar surface area (TPSA) is 32.7 Å². The lowest BCUT2D eigenvalue weighted by Gasteiger charge is -2.39. The second kappa shape index (κ2) is 9.21. The summed E-state index contributed by atoms with van der Waals surface area (Å²) in [6.07, 6.45) is 1.91. The molecule has 1 aliphatic heterocycles. The van der Waals surface area contributed by atoms with Crippen LogP contribution in [0, 0.1) is 17.6 Å². The first-order valence-corrected chi connectivity index (χ1v) is 9.08. The normalized spacial score (nSPS) is 21.0. The van der Waals surface area contributed by atoms with Crippen molar-refractivity contribution in [3.63, 3.8) is 0 Å². The smallest absolute Gasteiger partial charge is 0.123 e. The number of hydrogen-bond donors (Lipinski definition) is 1. The van der Waals surface area contributed by atoms with Crippen molar-refractivity contribution in [1.82, 2.24) is 4.90 Å². The lowest BCUT2D eigenvalue weighted by Crippen LogP contribution is -2.39. The molecule has 1 N–H and O–H groups in total. The molecule has 2 unspecified atom stereocenters. The summed E-state index contributed by atoms with van der Waals surface area (Å²) in [4.78, 5) is 2.25. The summed E-state index contributed by atoms with van der Waals surface area (Å²) in [6, 6.07) is 13.1. The van der Waals surface area contributed by atoms with Crippen molar-refractivity contribution in [2.45, 2.75) is 25.5 Å². The molecule has 5 heteroatoms. The standard InChI is InChI=1S/C21H25F2NO2/c22-19-5-1-16(2-6-19)14-26-15-17-9-10-24(11-12-25)21(13-17)18-3-7-20(23)8-4-18/h1-8,17,21,25H,9-15H2. The Morgan fingerprint density at radius 3 is 2.31 bits per heavy atom. The van der Waals surface area contributed by atoms with Gasteiger partial charge in [0.25, 0.3) is 0 Å². The van der Waals surface area contributed by atoms with Crippen LogP contribution in [-0.2, 0) is 11.3 Å². The lowest BCUT2D eigenvalue weighted by atomic mass is 9.87. The fourth-order valence-corrected chi connectivity index (χ4v) is 3.59. The van der Waals surface area contributed by atoms with Gasteiger partial charge in [-0.15, -0.1) is 0 Å². The zero-order valence-electron chi connectivity index (χ0n) is 14.8.